The third kappa shape index (κ3) is 2.12. The highest BCUT2D eigenvalue weighted by Gasteiger charge is 2.38. The summed E-state index contributed by atoms with van der Waals surface area (Å²) in [6.45, 7) is 0. The Balaban J connectivity index is 2.53. The van der Waals surface area contributed by atoms with Gasteiger partial charge < -0.3 is 5.32 Å². The molecule has 3 heteroatoms. The van der Waals surface area contributed by atoms with Crippen LogP contribution < -0.4 is 5.32 Å². The van der Waals surface area contributed by atoms with E-state index in [-0.39, 0.29) is 5.54 Å². The second kappa shape index (κ2) is 5.19. The van der Waals surface area contributed by atoms with Crippen molar-refractivity contribution in [3.05, 3.63) is 34.9 Å². The number of nitrogens with one attached hydrogen (secondary N) is 1. The van der Waals surface area contributed by atoms with E-state index in [0.717, 1.165) is 23.4 Å². The lowest BCUT2D eigenvalue weighted by Crippen LogP contribution is -2.49. The molecule has 1 saturated carbocycles. The van der Waals surface area contributed by atoms with Crippen molar-refractivity contribution < 1.29 is 0 Å². The van der Waals surface area contributed by atoms with Crippen LogP contribution >= 0.6 is 11.6 Å². The highest BCUT2D eigenvalue weighted by Crippen LogP contribution is 2.38. The van der Waals surface area contributed by atoms with Crippen molar-refractivity contribution in [1.82, 2.24) is 5.32 Å². The summed E-state index contributed by atoms with van der Waals surface area (Å²) in [7, 11) is 3.88. The van der Waals surface area contributed by atoms with Gasteiger partial charge in [0.05, 0.1) is 5.54 Å². The molecule has 1 atom stereocenters. The zero-order valence-corrected chi connectivity index (χ0v) is 11.2. The van der Waals surface area contributed by atoms with Gasteiger partial charge in [0.1, 0.15) is 0 Å². The van der Waals surface area contributed by atoms with Gasteiger partial charge >= 0.3 is 0 Å². The zero-order valence-electron chi connectivity index (χ0n) is 10.5. The second-order valence-electron chi connectivity index (χ2n) is 4.51. The zero-order chi connectivity index (χ0) is 12.3. The molecule has 0 heterocycles. The summed E-state index contributed by atoms with van der Waals surface area (Å²) in [5.74, 6) is 0. The molecule has 0 spiro atoms. The van der Waals surface area contributed by atoms with Crippen LogP contribution in [-0.2, 0) is 5.54 Å². The summed E-state index contributed by atoms with van der Waals surface area (Å²) < 4.78 is 0. The Morgan fingerprint density at radius 2 is 2.06 bits per heavy atom. The molecule has 2 rings (SSSR count). The Morgan fingerprint density at radius 3 is 2.71 bits per heavy atom. The SMILES string of the molecule is C/N=C1\CCCCC1(NC)c1ccccc1Cl. The molecule has 1 aromatic carbocycles. The number of aliphatic imine (C=N–C) groups is 1. The molecular formula is C14H19ClN2. The number of hydrogen-bond donors (Lipinski definition) is 1. The molecule has 1 aromatic rings. The van der Waals surface area contributed by atoms with Crippen LogP contribution in [-0.4, -0.2) is 19.8 Å². The fourth-order valence-electron chi connectivity index (χ4n) is 2.84. The first-order valence-electron chi connectivity index (χ1n) is 6.14. The van der Waals surface area contributed by atoms with E-state index < -0.39 is 0 Å². The number of rotatable bonds is 2. The van der Waals surface area contributed by atoms with E-state index in [4.69, 9.17) is 11.6 Å². The van der Waals surface area contributed by atoms with Crippen LogP contribution in [0.15, 0.2) is 29.3 Å². The van der Waals surface area contributed by atoms with Crippen LogP contribution in [0.25, 0.3) is 0 Å². The molecule has 17 heavy (non-hydrogen) atoms. The van der Waals surface area contributed by atoms with E-state index in [1.807, 2.05) is 32.3 Å². The van der Waals surface area contributed by atoms with Crippen molar-refractivity contribution in [2.24, 2.45) is 4.99 Å². The summed E-state index contributed by atoms with van der Waals surface area (Å²) in [6.07, 6.45) is 4.56. The fourth-order valence-corrected chi connectivity index (χ4v) is 3.14. The average Bonchev–Trinajstić information content (AvgIpc) is 2.39. The Labute approximate surface area is 108 Å². The first-order chi connectivity index (χ1) is 8.24. The maximum absolute atomic E-state index is 6.35. The number of halogens is 1. The Morgan fingerprint density at radius 1 is 1.29 bits per heavy atom. The Kier molecular flexibility index (Phi) is 3.85. The lowest BCUT2D eigenvalue weighted by Gasteiger charge is -2.39. The van der Waals surface area contributed by atoms with Crippen LogP contribution in [0.2, 0.25) is 5.02 Å². The van der Waals surface area contributed by atoms with Crippen LogP contribution in [0.3, 0.4) is 0 Å². The van der Waals surface area contributed by atoms with Gasteiger partial charge in [-0.1, -0.05) is 36.2 Å². The smallest absolute Gasteiger partial charge is 0.0831 e. The van der Waals surface area contributed by atoms with Gasteiger partial charge in [-0.3, -0.25) is 4.99 Å². The van der Waals surface area contributed by atoms with Crippen LogP contribution in [0.4, 0.5) is 0 Å². The minimum absolute atomic E-state index is 0.161. The predicted octanol–water partition coefficient (Wildman–Crippen LogP) is 3.40. The molecule has 0 bridgehead atoms. The summed E-state index contributed by atoms with van der Waals surface area (Å²) in [6, 6.07) is 8.08. The van der Waals surface area contributed by atoms with E-state index in [0.29, 0.717) is 0 Å². The van der Waals surface area contributed by atoms with Gasteiger partial charge in [0.2, 0.25) is 0 Å². The van der Waals surface area contributed by atoms with Crippen molar-refractivity contribution in [1.29, 1.82) is 0 Å². The van der Waals surface area contributed by atoms with Gasteiger partial charge in [0, 0.05) is 17.8 Å². The summed E-state index contributed by atoms with van der Waals surface area (Å²) in [5.41, 5.74) is 2.22. The quantitative estimate of drug-likeness (QED) is 0.855. The van der Waals surface area contributed by atoms with Crippen molar-refractivity contribution in [2.45, 2.75) is 31.2 Å². The number of nitrogens with zero attached hydrogens (tertiary/aromatic N) is 1. The average molecular weight is 251 g/mol. The van der Waals surface area contributed by atoms with Gasteiger partial charge in [-0.05, 0) is 37.9 Å². The molecule has 1 aliphatic rings. The third-order valence-electron chi connectivity index (χ3n) is 3.74. The predicted molar refractivity (Wildman–Crippen MR) is 74.0 cm³/mol. The van der Waals surface area contributed by atoms with Crippen LogP contribution in [0, 0.1) is 0 Å². The maximum atomic E-state index is 6.35. The van der Waals surface area contributed by atoms with E-state index in [9.17, 15) is 0 Å². The van der Waals surface area contributed by atoms with Crippen molar-refractivity contribution in [3.8, 4) is 0 Å². The molecule has 0 aliphatic heterocycles. The lowest BCUT2D eigenvalue weighted by atomic mass is 9.75. The monoisotopic (exact) mass is 250 g/mol. The second-order valence-corrected chi connectivity index (χ2v) is 4.92. The van der Waals surface area contributed by atoms with Crippen LogP contribution in [0.1, 0.15) is 31.2 Å². The standard InChI is InChI=1S/C14H19ClN2/c1-16-13-9-5-6-10-14(13,17-2)11-7-3-4-8-12(11)15/h3-4,7-8,17H,5-6,9-10H2,1-2H3/b16-13+. The molecule has 1 unspecified atom stereocenters. The molecule has 2 nitrogen and oxygen atoms in total. The molecule has 0 radical (unpaired) electrons. The highest BCUT2D eigenvalue weighted by atomic mass is 35.5. The molecule has 1 aliphatic carbocycles. The largest absolute Gasteiger partial charge is 0.306 e. The molecule has 92 valence electrons. The van der Waals surface area contributed by atoms with Crippen molar-refractivity contribution in [2.75, 3.05) is 14.1 Å². The van der Waals surface area contributed by atoms with Crippen molar-refractivity contribution >= 4 is 17.3 Å². The number of benzene rings is 1. The minimum Gasteiger partial charge on any atom is -0.306 e. The summed E-state index contributed by atoms with van der Waals surface area (Å²) in [4.78, 5) is 4.48. The lowest BCUT2D eigenvalue weighted by molar-refractivity contribution is 0.399. The first kappa shape index (κ1) is 12.6. The topological polar surface area (TPSA) is 24.4 Å². The van der Waals surface area contributed by atoms with Gasteiger partial charge in [0.25, 0.3) is 0 Å². The molecule has 1 fully saturated rings. The molecule has 0 aromatic heterocycles. The van der Waals surface area contributed by atoms with E-state index in [1.165, 1.54) is 18.6 Å². The molecule has 0 amide bonds. The van der Waals surface area contributed by atoms with Crippen LogP contribution in [0.5, 0.6) is 0 Å². The molecule has 1 N–H and O–H groups in total. The minimum atomic E-state index is -0.161. The van der Waals surface area contributed by atoms with Gasteiger partial charge in [-0.2, -0.15) is 0 Å². The van der Waals surface area contributed by atoms with Gasteiger partial charge in [-0.15, -0.1) is 0 Å². The Hall–Kier alpha value is -0.860. The van der Waals surface area contributed by atoms with E-state index in [2.05, 4.69) is 16.4 Å². The number of hydrogen-bond acceptors (Lipinski definition) is 2. The maximum Gasteiger partial charge on any atom is 0.0831 e. The summed E-state index contributed by atoms with van der Waals surface area (Å²) in [5, 5.41) is 4.28. The van der Waals surface area contributed by atoms with Crippen molar-refractivity contribution in [3.63, 3.8) is 0 Å². The third-order valence-corrected chi connectivity index (χ3v) is 4.07. The molecular weight excluding hydrogens is 232 g/mol. The summed E-state index contributed by atoms with van der Waals surface area (Å²) >= 11 is 6.35. The normalized spacial score (nSPS) is 27.4. The Bertz CT molecular complexity index is 428. The van der Waals surface area contributed by atoms with E-state index in [1.54, 1.807) is 0 Å². The van der Waals surface area contributed by atoms with Gasteiger partial charge in [0.15, 0.2) is 0 Å². The first-order valence-corrected chi connectivity index (χ1v) is 6.52. The molecule has 0 saturated heterocycles. The highest BCUT2D eigenvalue weighted by molar-refractivity contribution is 6.31. The van der Waals surface area contributed by atoms with E-state index >= 15 is 0 Å². The van der Waals surface area contributed by atoms with Gasteiger partial charge in [-0.25, -0.2) is 0 Å². The fraction of sp³-hybridized carbons (Fsp3) is 0.500.